The third kappa shape index (κ3) is 5.97. The van der Waals surface area contributed by atoms with Crippen LogP contribution in [-0.2, 0) is 4.74 Å². The van der Waals surface area contributed by atoms with Crippen LogP contribution in [0.25, 0.3) is 0 Å². The van der Waals surface area contributed by atoms with Crippen LogP contribution in [0, 0.1) is 5.92 Å². The van der Waals surface area contributed by atoms with Crippen LogP contribution in [0.2, 0.25) is 10.0 Å². The van der Waals surface area contributed by atoms with Crippen LogP contribution < -0.4 is 0 Å². The lowest BCUT2D eigenvalue weighted by molar-refractivity contribution is 0.0246. The maximum Gasteiger partial charge on any atom is 0.410 e. The minimum atomic E-state index is -0.485. The van der Waals surface area contributed by atoms with E-state index in [0.29, 0.717) is 22.5 Å². The molecule has 1 amide bonds. The zero-order valence-electron chi connectivity index (χ0n) is 15.4. The molecule has 1 aromatic carbocycles. The molecule has 0 saturated carbocycles. The van der Waals surface area contributed by atoms with Crippen LogP contribution in [0.4, 0.5) is 4.79 Å². The number of ether oxygens (including phenoxy) is 1. The van der Waals surface area contributed by atoms with E-state index < -0.39 is 5.60 Å². The first-order valence-corrected chi connectivity index (χ1v) is 10.8. The van der Waals surface area contributed by atoms with Crippen molar-refractivity contribution in [1.82, 2.24) is 4.90 Å². The summed E-state index contributed by atoms with van der Waals surface area (Å²) in [6.07, 6.45) is 3.97. The van der Waals surface area contributed by atoms with Gasteiger partial charge in [0, 0.05) is 19.0 Å². The molecule has 0 spiro atoms. The molecule has 25 heavy (non-hydrogen) atoms. The molecule has 6 heteroatoms. The molecule has 2 rings (SSSR count). The Morgan fingerprint density at radius 1 is 1.32 bits per heavy atom. The van der Waals surface area contributed by atoms with E-state index in [1.807, 2.05) is 55.6 Å². The zero-order chi connectivity index (χ0) is 18.6. The molecule has 1 saturated heterocycles. The fraction of sp³-hybridized carbons (Fsp3) is 0.632. The van der Waals surface area contributed by atoms with Gasteiger partial charge in [-0.15, -0.1) is 0 Å². The van der Waals surface area contributed by atoms with Crippen molar-refractivity contribution in [2.24, 2.45) is 5.92 Å². The van der Waals surface area contributed by atoms with Crippen LogP contribution in [0.1, 0.15) is 45.1 Å². The standard InChI is InChI=1S/C19H27Cl2NO2S/c1-19(2,3)24-18(23)22-9-5-6-14(12-25-4)15(11-22)13-7-8-16(20)17(21)10-13/h7-8,10,14-15H,5-6,9,11-12H2,1-4H3. The van der Waals surface area contributed by atoms with E-state index in [9.17, 15) is 4.79 Å². The number of nitrogens with zero attached hydrogens (tertiary/aromatic N) is 1. The summed E-state index contributed by atoms with van der Waals surface area (Å²) in [6.45, 7) is 7.08. The molecule has 0 N–H and O–H groups in total. The molecule has 1 fully saturated rings. The molecule has 1 aliphatic heterocycles. The van der Waals surface area contributed by atoms with Crippen molar-refractivity contribution in [1.29, 1.82) is 0 Å². The third-order valence-corrected chi connectivity index (χ3v) is 5.89. The van der Waals surface area contributed by atoms with Crippen molar-refractivity contribution >= 4 is 41.1 Å². The van der Waals surface area contributed by atoms with E-state index in [2.05, 4.69) is 6.26 Å². The number of hydrogen-bond donors (Lipinski definition) is 0. The van der Waals surface area contributed by atoms with E-state index in [-0.39, 0.29) is 12.0 Å². The maximum absolute atomic E-state index is 12.6. The van der Waals surface area contributed by atoms with Gasteiger partial charge in [0.2, 0.25) is 0 Å². The van der Waals surface area contributed by atoms with Gasteiger partial charge in [-0.2, -0.15) is 11.8 Å². The lowest BCUT2D eigenvalue weighted by Gasteiger charge is -2.30. The van der Waals surface area contributed by atoms with Crippen molar-refractivity contribution in [2.75, 3.05) is 25.1 Å². The first-order valence-electron chi connectivity index (χ1n) is 8.63. The van der Waals surface area contributed by atoms with Crippen molar-refractivity contribution < 1.29 is 9.53 Å². The predicted octanol–water partition coefficient (Wildman–Crippen LogP) is 6.09. The first-order chi connectivity index (χ1) is 11.7. The van der Waals surface area contributed by atoms with E-state index >= 15 is 0 Å². The number of halogens is 2. The Morgan fingerprint density at radius 2 is 2.04 bits per heavy atom. The van der Waals surface area contributed by atoms with Crippen LogP contribution >= 0.6 is 35.0 Å². The quantitative estimate of drug-likeness (QED) is 0.611. The fourth-order valence-electron chi connectivity index (χ4n) is 3.25. The minimum Gasteiger partial charge on any atom is -0.444 e. The molecule has 1 aromatic rings. The van der Waals surface area contributed by atoms with Crippen LogP contribution in [-0.4, -0.2) is 41.7 Å². The predicted molar refractivity (Wildman–Crippen MR) is 108 cm³/mol. The molecular formula is C19H27Cl2NO2S. The van der Waals surface area contributed by atoms with Gasteiger partial charge in [0.1, 0.15) is 5.60 Å². The summed E-state index contributed by atoms with van der Waals surface area (Å²) in [5.74, 6) is 1.80. The number of rotatable bonds is 3. The van der Waals surface area contributed by atoms with Gasteiger partial charge in [-0.05, 0) is 69.2 Å². The Morgan fingerprint density at radius 3 is 2.64 bits per heavy atom. The molecule has 0 aliphatic carbocycles. The van der Waals surface area contributed by atoms with Gasteiger partial charge in [0.25, 0.3) is 0 Å². The first kappa shape index (κ1) is 20.7. The summed E-state index contributed by atoms with van der Waals surface area (Å²) < 4.78 is 5.59. The van der Waals surface area contributed by atoms with Gasteiger partial charge >= 0.3 is 6.09 Å². The highest BCUT2D eigenvalue weighted by molar-refractivity contribution is 7.98. The smallest absolute Gasteiger partial charge is 0.410 e. The summed E-state index contributed by atoms with van der Waals surface area (Å²) in [5.41, 5.74) is 0.658. The lowest BCUT2D eigenvalue weighted by Crippen LogP contribution is -2.39. The minimum absolute atomic E-state index is 0.234. The second kappa shape index (κ2) is 8.88. The average molecular weight is 404 g/mol. The third-order valence-electron chi connectivity index (χ3n) is 4.39. The highest BCUT2D eigenvalue weighted by atomic mass is 35.5. The Kier molecular flexibility index (Phi) is 7.36. The monoisotopic (exact) mass is 403 g/mol. The summed E-state index contributed by atoms with van der Waals surface area (Å²) in [7, 11) is 0. The SMILES string of the molecule is CSCC1CCCN(C(=O)OC(C)(C)C)CC1c1ccc(Cl)c(Cl)c1. The molecule has 1 heterocycles. The van der Waals surface area contributed by atoms with E-state index in [0.717, 1.165) is 30.7 Å². The highest BCUT2D eigenvalue weighted by Gasteiger charge is 2.32. The zero-order valence-corrected chi connectivity index (χ0v) is 17.7. The summed E-state index contributed by atoms with van der Waals surface area (Å²) in [4.78, 5) is 14.4. The summed E-state index contributed by atoms with van der Waals surface area (Å²) in [5, 5.41) is 1.12. The van der Waals surface area contributed by atoms with Gasteiger partial charge in [0.05, 0.1) is 10.0 Å². The van der Waals surface area contributed by atoms with Gasteiger partial charge in [-0.25, -0.2) is 4.79 Å². The number of carbonyl (C=O) groups excluding carboxylic acids is 1. The number of thioether (sulfide) groups is 1. The number of amides is 1. The number of carbonyl (C=O) groups is 1. The van der Waals surface area contributed by atoms with Gasteiger partial charge in [0.15, 0.2) is 0 Å². The Bertz CT molecular complexity index is 604. The average Bonchev–Trinajstić information content (AvgIpc) is 2.72. The second-order valence-electron chi connectivity index (χ2n) is 7.56. The largest absolute Gasteiger partial charge is 0.444 e. The molecule has 140 valence electrons. The van der Waals surface area contributed by atoms with Gasteiger partial charge in [-0.3, -0.25) is 0 Å². The van der Waals surface area contributed by atoms with Crippen molar-refractivity contribution in [2.45, 2.75) is 45.1 Å². The molecular weight excluding hydrogens is 377 g/mol. The van der Waals surface area contributed by atoms with Crippen molar-refractivity contribution in [3.63, 3.8) is 0 Å². The van der Waals surface area contributed by atoms with E-state index in [4.69, 9.17) is 27.9 Å². The molecule has 0 aromatic heterocycles. The van der Waals surface area contributed by atoms with E-state index in [1.165, 1.54) is 0 Å². The summed E-state index contributed by atoms with van der Waals surface area (Å²) in [6, 6.07) is 5.82. The normalized spacial score (nSPS) is 21.8. The molecule has 3 nitrogen and oxygen atoms in total. The fourth-order valence-corrected chi connectivity index (χ4v) is 4.38. The highest BCUT2D eigenvalue weighted by Crippen LogP contribution is 2.36. The van der Waals surface area contributed by atoms with Gasteiger partial charge in [-0.1, -0.05) is 29.3 Å². The number of hydrogen-bond acceptors (Lipinski definition) is 3. The Labute approximate surface area is 165 Å². The van der Waals surface area contributed by atoms with Crippen LogP contribution in [0.3, 0.4) is 0 Å². The molecule has 2 atom stereocenters. The maximum atomic E-state index is 12.6. The lowest BCUT2D eigenvalue weighted by atomic mass is 9.85. The van der Waals surface area contributed by atoms with Crippen molar-refractivity contribution in [3.05, 3.63) is 33.8 Å². The summed E-state index contributed by atoms with van der Waals surface area (Å²) >= 11 is 14.2. The van der Waals surface area contributed by atoms with Crippen molar-refractivity contribution in [3.8, 4) is 0 Å². The van der Waals surface area contributed by atoms with Gasteiger partial charge < -0.3 is 9.64 Å². The molecule has 0 bridgehead atoms. The second-order valence-corrected chi connectivity index (χ2v) is 9.29. The number of likely N-dealkylation sites (tertiary alicyclic amines) is 1. The van der Waals surface area contributed by atoms with E-state index in [1.54, 1.807) is 0 Å². The molecule has 0 radical (unpaired) electrons. The molecule has 2 unspecified atom stereocenters. The van der Waals surface area contributed by atoms with Crippen LogP contribution in [0.5, 0.6) is 0 Å². The number of benzene rings is 1. The van der Waals surface area contributed by atoms with Crippen LogP contribution in [0.15, 0.2) is 18.2 Å². The topological polar surface area (TPSA) is 29.5 Å². The molecule has 1 aliphatic rings. The Hall–Kier alpha value is -0.580. The Balaban J connectivity index is 2.26.